The molecule has 0 spiro atoms. The SMILES string of the molecule is [C-]#[N+]c1sccc1-c1c(-c2cccc(-c3cc(F)c(C(=O)O)cc3Cl)c2)n(S(=O)(=O)c2ccc(CF)cc2)c2ccc(F)cc12. The van der Waals surface area contributed by atoms with Gasteiger partial charge in [-0.2, -0.15) is 11.3 Å². The fourth-order valence-electron chi connectivity index (χ4n) is 5.22. The molecule has 6 nitrogen and oxygen atoms in total. The van der Waals surface area contributed by atoms with Crippen molar-refractivity contribution in [2.45, 2.75) is 11.6 Å². The van der Waals surface area contributed by atoms with Crippen molar-refractivity contribution in [3.05, 3.63) is 130 Å². The monoisotopic (exact) mass is 662 g/mol. The van der Waals surface area contributed by atoms with Crippen LogP contribution in [0, 0.1) is 18.2 Å². The number of carbonyl (C=O) groups is 1. The lowest BCUT2D eigenvalue weighted by molar-refractivity contribution is 0.0692. The molecule has 2 heterocycles. The molecule has 0 radical (unpaired) electrons. The summed E-state index contributed by atoms with van der Waals surface area (Å²) in [7, 11) is -4.43. The minimum atomic E-state index is -4.43. The summed E-state index contributed by atoms with van der Waals surface area (Å²) in [5, 5.41) is 11.4. The summed E-state index contributed by atoms with van der Waals surface area (Å²) in [5.41, 5.74) is 1.31. The first-order valence-corrected chi connectivity index (χ1v) is 15.8. The lowest BCUT2D eigenvalue weighted by Gasteiger charge is -2.15. The zero-order chi connectivity index (χ0) is 32.0. The number of hydrogen-bond donors (Lipinski definition) is 1. The Bertz CT molecular complexity index is 2310. The standard InChI is InChI=1S/C33H18ClF3N2O4S2/c1-38-32-23(11-12-44-32)30-26-14-21(36)7-10-29(26)39(45(42,43)22-8-5-18(17-35)6-9-22)31(30)20-4-2-3-19(13-20)24-16-28(37)25(33(40)41)15-27(24)34/h2-16H,17H2,(H,40,41). The number of fused-ring (bicyclic) bond motifs is 1. The summed E-state index contributed by atoms with van der Waals surface area (Å²) in [5.74, 6) is -3.14. The topological polar surface area (TPSA) is 80.7 Å². The highest BCUT2D eigenvalue weighted by Crippen LogP contribution is 2.48. The van der Waals surface area contributed by atoms with Crippen LogP contribution in [0.5, 0.6) is 0 Å². The maximum absolute atomic E-state index is 14.8. The van der Waals surface area contributed by atoms with E-state index >= 15 is 0 Å². The summed E-state index contributed by atoms with van der Waals surface area (Å²) in [4.78, 5) is 14.9. The predicted molar refractivity (Wildman–Crippen MR) is 168 cm³/mol. The number of rotatable bonds is 7. The van der Waals surface area contributed by atoms with Crippen molar-refractivity contribution in [3.63, 3.8) is 0 Å². The molecule has 2 aromatic heterocycles. The van der Waals surface area contributed by atoms with Crippen molar-refractivity contribution in [1.82, 2.24) is 3.97 Å². The van der Waals surface area contributed by atoms with Crippen LogP contribution in [0.25, 0.3) is 49.3 Å². The van der Waals surface area contributed by atoms with Crippen LogP contribution in [0.3, 0.4) is 0 Å². The summed E-state index contributed by atoms with van der Waals surface area (Å²) < 4.78 is 72.7. The predicted octanol–water partition coefficient (Wildman–Crippen LogP) is 9.59. The number of nitrogens with zero attached hydrogens (tertiary/aromatic N) is 2. The average molecular weight is 663 g/mol. The Morgan fingerprint density at radius 2 is 1.69 bits per heavy atom. The Balaban J connectivity index is 1.72. The number of aromatic carboxylic acids is 1. The number of alkyl halides is 1. The Kier molecular flexibility index (Phi) is 7.74. The van der Waals surface area contributed by atoms with Crippen molar-refractivity contribution < 1.29 is 31.5 Å². The van der Waals surface area contributed by atoms with Crippen molar-refractivity contribution in [3.8, 4) is 33.5 Å². The molecule has 0 fully saturated rings. The van der Waals surface area contributed by atoms with Gasteiger partial charge in [0.1, 0.15) is 18.3 Å². The lowest BCUT2D eigenvalue weighted by Crippen LogP contribution is -2.14. The van der Waals surface area contributed by atoms with E-state index in [1.807, 2.05) is 0 Å². The first-order chi connectivity index (χ1) is 21.5. The van der Waals surface area contributed by atoms with E-state index in [-0.39, 0.29) is 48.2 Å². The second-order valence-electron chi connectivity index (χ2n) is 9.88. The lowest BCUT2D eigenvalue weighted by atomic mass is 9.96. The molecule has 0 bridgehead atoms. The van der Waals surface area contributed by atoms with Crippen molar-refractivity contribution in [2.24, 2.45) is 0 Å². The summed E-state index contributed by atoms with van der Waals surface area (Å²) in [6.07, 6.45) is 0. The van der Waals surface area contributed by atoms with Gasteiger partial charge in [-0.1, -0.05) is 48.0 Å². The summed E-state index contributed by atoms with van der Waals surface area (Å²) in [6.45, 7) is 6.94. The van der Waals surface area contributed by atoms with Crippen LogP contribution in [0.15, 0.2) is 95.2 Å². The van der Waals surface area contributed by atoms with Gasteiger partial charge in [0.25, 0.3) is 10.0 Å². The normalized spacial score (nSPS) is 11.5. The number of aromatic nitrogens is 1. The van der Waals surface area contributed by atoms with Crippen LogP contribution >= 0.6 is 22.9 Å². The second-order valence-corrected chi connectivity index (χ2v) is 13.0. The first-order valence-electron chi connectivity index (χ1n) is 13.1. The molecule has 6 aromatic rings. The van der Waals surface area contributed by atoms with E-state index in [1.165, 1.54) is 36.4 Å². The van der Waals surface area contributed by atoms with Gasteiger partial charge in [-0.15, -0.1) is 0 Å². The highest BCUT2D eigenvalue weighted by Gasteiger charge is 2.30. The van der Waals surface area contributed by atoms with Gasteiger partial charge in [-0.05, 0) is 65.0 Å². The molecule has 0 aliphatic heterocycles. The molecule has 0 saturated carbocycles. The second kappa shape index (κ2) is 11.6. The Hall–Kier alpha value is -4.89. The first kappa shape index (κ1) is 30.1. The zero-order valence-corrected chi connectivity index (χ0v) is 25.2. The molecule has 0 atom stereocenters. The average Bonchev–Trinajstić information content (AvgIpc) is 3.64. The van der Waals surface area contributed by atoms with E-state index < -0.39 is 39.9 Å². The van der Waals surface area contributed by atoms with E-state index in [0.29, 0.717) is 16.7 Å². The smallest absolute Gasteiger partial charge is 0.338 e. The molecule has 0 amide bonds. The van der Waals surface area contributed by atoms with Crippen LogP contribution in [0.4, 0.5) is 18.2 Å². The van der Waals surface area contributed by atoms with Crippen LogP contribution in [0.2, 0.25) is 5.02 Å². The third kappa shape index (κ3) is 5.17. The molecule has 0 unspecified atom stereocenters. The van der Waals surface area contributed by atoms with E-state index in [1.54, 1.807) is 35.7 Å². The maximum atomic E-state index is 14.8. The van der Waals surface area contributed by atoms with Crippen molar-refractivity contribution in [2.75, 3.05) is 0 Å². The van der Waals surface area contributed by atoms with Gasteiger partial charge in [-0.25, -0.2) is 35.2 Å². The van der Waals surface area contributed by atoms with Gasteiger partial charge in [0.05, 0.1) is 28.2 Å². The quantitative estimate of drug-likeness (QED) is 0.173. The molecule has 0 aliphatic rings. The summed E-state index contributed by atoms with van der Waals surface area (Å²) in [6, 6.07) is 18.9. The largest absolute Gasteiger partial charge is 0.478 e. The number of carboxylic acids is 1. The van der Waals surface area contributed by atoms with E-state index in [2.05, 4.69) is 4.85 Å². The third-order valence-corrected chi connectivity index (χ3v) is 10.1. The highest BCUT2D eigenvalue weighted by atomic mass is 35.5. The van der Waals surface area contributed by atoms with Gasteiger partial charge >= 0.3 is 5.97 Å². The van der Waals surface area contributed by atoms with Crippen LogP contribution < -0.4 is 0 Å². The zero-order valence-electron chi connectivity index (χ0n) is 22.8. The summed E-state index contributed by atoms with van der Waals surface area (Å²) >= 11 is 7.53. The van der Waals surface area contributed by atoms with Gasteiger partial charge in [0.15, 0.2) is 0 Å². The molecule has 4 aromatic carbocycles. The minimum absolute atomic E-state index is 0.0533. The van der Waals surface area contributed by atoms with Gasteiger partial charge in [0.2, 0.25) is 5.00 Å². The number of halogens is 4. The van der Waals surface area contributed by atoms with Crippen LogP contribution in [-0.2, 0) is 16.7 Å². The highest BCUT2D eigenvalue weighted by molar-refractivity contribution is 7.90. The molecule has 0 aliphatic carbocycles. The molecule has 12 heteroatoms. The van der Waals surface area contributed by atoms with Gasteiger partial charge < -0.3 is 5.11 Å². The number of benzene rings is 4. The fraction of sp³-hybridized carbons (Fsp3) is 0.0303. The Morgan fingerprint density at radius 3 is 2.38 bits per heavy atom. The minimum Gasteiger partial charge on any atom is -0.478 e. The Morgan fingerprint density at radius 1 is 0.956 bits per heavy atom. The molecular weight excluding hydrogens is 645 g/mol. The van der Waals surface area contributed by atoms with Crippen LogP contribution in [-0.4, -0.2) is 23.5 Å². The van der Waals surface area contributed by atoms with E-state index in [4.69, 9.17) is 18.2 Å². The maximum Gasteiger partial charge on any atom is 0.338 e. The van der Waals surface area contributed by atoms with Crippen molar-refractivity contribution in [1.29, 1.82) is 0 Å². The third-order valence-electron chi connectivity index (χ3n) is 7.25. The number of thiophene rings is 1. The number of hydrogen-bond acceptors (Lipinski definition) is 4. The fourth-order valence-corrected chi connectivity index (χ4v) is 7.72. The number of carboxylic acid groups (broad SMARTS) is 1. The molecule has 6 rings (SSSR count). The van der Waals surface area contributed by atoms with Crippen molar-refractivity contribution >= 4 is 54.8 Å². The molecular formula is C33H18ClF3N2O4S2. The van der Waals surface area contributed by atoms with Gasteiger partial charge in [-0.3, -0.25) is 0 Å². The molecule has 224 valence electrons. The van der Waals surface area contributed by atoms with E-state index in [9.17, 15) is 31.5 Å². The van der Waals surface area contributed by atoms with Gasteiger partial charge in [0, 0.05) is 32.7 Å². The van der Waals surface area contributed by atoms with E-state index in [0.717, 1.165) is 33.5 Å². The Labute approximate surface area is 264 Å². The molecule has 45 heavy (non-hydrogen) atoms. The molecule has 0 saturated heterocycles. The van der Waals surface area contributed by atoms with Crippen LogP contribution in [0.1, 0.15) is 15.9 Å². The molecule has 1 N–H and O–H groups in total.